The quantitative estimate of drug-likeness (QED) is 0.875. The average molecular weight is 282 g/mol. The van der Waals surface area contributed by atoms with Crippen LogP contribution in [0.1, 0.15) is 23.6 Å². The first-order valence-electron chi connectivity index (χ1n) is 7.56. The molecule has 0 spiro atoms. The molecule has 0 bridgehead atoms. The molecule has 3 nitrogen and oxygen atoms in total. The van der Waals surface area contributed by atoms with E-state index in [0.29, 0.717) is 6.61 Å². The summed E-state index contributed by atoms with van der Waals surface area (Å²) in [6.07, 6.45) is 1.08. The lowest BCUT2D eigenvalue weighted by Crippen LogP contribution is -2.30. The van der Waals surface area contributed by atoms with Crippen molar-refractivity contribution in [3.63, 3.8) is 0 Å². The van der Waals surface area contributed by atoms with Gasteiger partial charge in [0.1, 0.15) is 5.75 Å². The molecule has 1 aliphatic rings. The van der Waals surface area contributed by atoms with Gasteiger partial charge in [0.15, 0.2) is 0 Å². The van der Waals surface area contributed by atoms with Crippen LogP contribution in [0.4, 0.5) is 5.69 Å². The van der Waals surface area contributed by atoms with Gasteiger partial charge in [-0.05, 0) is 48.2 Å². The molecule has 3 heteroatoms. The van der Waals surface area contributed by atoms with Crippen molar-refractivity contribution in [3.05, 3.63) is 59.2 Å². The van der Waals surface area contributed by atoms with Crippen LogP contribution in [0.3, 0.4) is 0 Å². The summed E-state index contributed by atoms with van der Waals surface area (Å²) in [6, 6.07) is 14.6. The summed E-state index contributed by atoms with van der Waals surface area (Å²) >= 11 is 0. The molecule has 2 aromatic carbocycles. The highest BCUT2D eigenvalue weighted by Gasteiger charge is 2.17. The Hall–Kier alpha value is -2.00. The maximum atomic E-state index is 6.11. The van der Waals surface area contributed by atoms with E-state index in [-0.39, 0.29) is 0 Å². The molecule has 2 aromatic rings. The van der Waals surface area contributed by atoms with Gasteiger partial charge in [0.2, 0.25) is 0 Å². The topological polar surface area (TPSA) is 38.5 Å². The molecular formula is C18H22N2O. The van der Waals surface area contributed by atoms with Crippen LogP contribution in [-0.2, 0) is 19.5 Å². The summed E-state index contributed by atoms with van der Waals surface area (Å²) in [5.41, 5.74) is 11.0. The predicted molar refractivity (Wildman–Crippen MR) is 86.3 cm³/mol. The highest BCUT2D eigenvalue weighted by Crippen LogP contribution is 2.25. The van der Waals surface area contributed by atoms with Crippen LogP contribution in [0.15, 0.2) is 42.5 Å². The second-order valence-electron chi connectivity index (χ2n) is 5.52. The Labute approximate surface area is 126 Å². The lowest BCUT2D eigenvalue weighted by atomic mass is 9.98. The van der Waals surface area contributed by atoms with E-state index < -0.39 is 0 Å². The molecule has 110 valence electrons. The summed E-state index contributed by atoms with van der Waals surface area (Å²) in [5.74, 6) is 0.939. The second-order valence-corrected chi connectivity index (χ2v) is 5.52. The average Bonchev–Trinajstić information content (AvgIpc) is 2.50. The Morgan fingerprint density at radius 1 is 1.14 bits per heavy atom. The Morgan fingerprint density at radius 2 is 1.95 bits per heavy atom. The molecule has 1 aliphatic heterocycles. The number of benzene rings is 2. The third-order valence-electron chi connectivity index (χ3n) is 4.03. The molecule has 0 saturated carbocycles. The van der Waals surface area contributed by atoms with Crippen molar-refractivity contribution in [1.82, 2.24) is 4.90 Å². The Morgan fingerprint density at radius 3 is 2.71 bits per heavy atom. The van der Waals surface area contributed by atoms with E-state index in [1.165, 1.54) is 16.7 Å². The van der Waals surface area contributed by atoms with Crippen molar-refractivity contribution >= 4 is 5.69 Å². The summed E-state index contributed by atoms with van der Waals surface area (Å²) in [5, 5.41) is 0. The van der Waals surface area contributed by atoms with E-state index in [1.54, 1.807) is 0 Å². The molecule has 0 saturated heterocycles. The van der Waals surface area contributed by atoms with Gasteiger partial charge in [-0.1, -0.05) is 24.3 Å². The molecule has 2 N–H and O–H groups in total. The monoisotopic (exact) mass is 282 g/mol. The van der Waals surface area contributed by atoms with Crippen molar-refractivity contribution in [1.29, 1.82) is 0 Å². The smallest absolute Gasteiger partial charge is 0.119 e. The first-order chi connectivity index (χ1) is 10.3. The largest absolute Gasteiger partial charge is 0.494 e. The zero-order chi connectivity index (χ0) is 14.7. The molecule has 0 aliphatic carbocycles. The van der Waals surface area contributed by atoms with Gasteiger partial charge >= 0.3 is 0 Å². The normalized spacial score (nSPS) is 14.7. The zero-order valence-electron chi connectivity index (χ0n) is 12.5. The van der Waals surface area contributed by atoms with E-state index in [1.807, 2.05) is 25.1 Å². The summed E-state index contributed by atoms with van der Waals surface area (Å²) in [6.45, 7) is 5.70. The molecule has 0 atom stereocenters. The molecule has 0 aromatic heterocycles. The van der Waals surface area contributed by atoms with Crippen molar-refractivity contribution in [2.24, 2.45) is 0 Å². The minimum Gasteiger partial charge on any atom is -0.494 e. The molecule has 0 radical (unpaired) electrons. The zero-order valence-corrected chi connectivity index (χ0v) is 12.5. The SMILES string of the molecule is CCOc1ccc(CN2CCc3cccc(N)c3C2)cc1. The first-order valence-corrected chi connectivity index (χ1v) is 7.56. The number of rotatable bonds is 4. The van der Waals surface area contributed by atoms with E-state index in [0.717, 1.165) is 37.5 Å². The van der Waals surface area contributed by atoms with Gasteiger partial charge in [0.05, 0.1) is 6.61 Å². The number of ether oxygens (including phenoxy) is 1. The van der Waals surface area contributed by atoms with E-state index >= 15 is 0 Å². The Balaban J connectivity index is 1.68. The lowest BCUT2D eigenvalue weighted by molar-refractivity contribution is 0.246. The molecule has 21 heavy (non-hydrogen) atoms. The molecular weight excluding hydrogens is 260 g/mol. The number of hydrogen-bond acceptors (Lipinski definition) is 3. The maximum Gasteiger partial charge on any atom is 0.119 e. The molecule has 0 fully saturated rings. The minimum absolute atomic E-state index is 0.710. The van der Waals surface area contributed by atoms with Gasteiger partial charge in [0, 0.05) is 25.3 Å². The molecule has 0 unspecified atom stereocenters. The third-order valence-corrected chi connectivity index (χ3v) is 4.03. The van der Waals surface area contributed by atoms with Crippen molar-refractivity contribution < 1.29 is 4.74 Å². The minimum atomic E-state index is 0.710. The van der Waals surface area contributed by atoms with Gasteiger partial charge in [-0.15, -0.1) is 0 Å². The van der Waals surface area contributed by atoms with Crippen LogP contribution in [0, 0.1) is 0 Å². The predicted octanol–water partition coefficient (Wildman–Crippen LogP) is 3.23. The van der Waals surface area contributed by atoms with E-state index in [2.05, 4.69) is 29.2 Å². The number of hydrogen-bond donors (Lipinski definition) is 1. The number of anilines is 1. The van der Waals surface area contributed by atoms with Crippen LogP contribution in [0.2, 0.25) is 0 Å². The number of nitrogens with two attached hydrogens (primary N) is 1. The van der Waals surface area contributed by atoms with Crippen LogP contribution in [-0.4, -0.2) is 18.1 Å². The van der Waals surface area contributed by atoms with E-state index in [9.17, 15) is 0 Å². The van der Waals surface area contributed by atoms with Crippen LogP contribution in [0.5, 0.6) is 5.75 Å². The number of nitrogen functional groups attached to an aromatic ring is 1. The van der Waals surface area contributed by atoms with Crippen molar-refractivity contribution in [2.75, 3.05) is 18.9 Å². The Kier molecular flexibility index (Phi) is 4.11. The van der Waals surface area contributed by atoms with Crippen LogP contribution >= 0.6 is 0 Å². The lowest BCUT2D eigenvalue weighted by Gasteiger charge is -2.29. The molecule has 0 amide bonds. The summed E-state index contributed by atoms with van der Waals surface area (Å²) in [7, 11) is 0. The standard InChI is InChI=1S/C18H22N2O/c1-2-21-16-8-6-14(7-9-16)12-20-11-10-15-4-3-5-18(19)17(15)13-20/h3-9H,2,10-13,19H2,1H3. The van der Waals surface area contributed by atoms with Crippen molar-refractivity contribution in [3.8, 4) is 5.75 Å². The van der Waals surface area contributed by atoms with Gasteiger partial charge in [-0.3, -0.25) is 4.90 Å². The van der Waals surface area contributed by atoms with E-state index in [4.69, 9.17) is 10.5 Å². The molecule has 3 rings (SSSR count). The second kappa shape index (κ2) is 6.19. The van der Waals surface area contributed by atoms with Crippen LogP contribution in [0.25, 0.3) is 0 Å². The number of fused-ring (bicyclic) bond motifs is 1. The fourth-order valence-corrected chi connectivity index (χ4v) is 2.91. The molecule has 1 heterocycles. The van der Waals surface area contributed by atoms with Crippen molar-refractivity contribution in [2.45, 2.75) is 26.4 Å². The summed E-state index contributed by atoms with van der Waals surface area (Å²) < 4.78 is 5.48. The first kappa shape index (κ1) is 14.0. The maximum absolute atomic E-state index is 6.11. The summed E-state index contributed by atoms with van der Waals surface area (Å²) in [4.78, 5) is 2.45. The fraction of sp³-hybridized carbons (Fsp3) is 0.333. The highest BCUT2D eigenvalue weighted by atomic mass is 16.5. The third kappa shape index (κ3) is 3.19. The Bertz CT molecular complexity index is 607. The fourth-order valence-electron chi connectivity index (χ4n) is 2.91. The van der Waals surface area contributed by atoms with Gasteiger partial charge in [-0.25, -0.2) is 0 Å². The van der Waals surface area contributed by atoms with Gasteiger partial charge in [0.25, 0.3) is 0 Å². The van der Waals surface area contributed by atoms with Gasteiger partial charge in [-0.2, -0.15) is 0 Å². The van der Waals surface area contributed by atoms with Gasteiger partial charge < -0.3 is 10.5 Å². The highest BCUT2D eigenvalue weighted by molar-refractivity contribution is 5.51. The van der Waals surface area contributed by atoms with Crippen LogP contribution < -0.4 is 10.5 Å². The number of nitrogens with zero attached hydrogens (tertiary/aromatic N) is 1.